The molecule has 3 heteroatoms. The standard InChI is InChI=1S/C16H26N2S/c1-2-5-15-13-18(9-7-14(15)4-1)10-8-17-12-16-6-3-11-19-16/h3,6,11,14-15,17H,1-2,4-5,7-10,12-13H2. The van der Waals surface area contributed by atoms with Crippen LogP contribution >= 0.6 is 11.3 Å². The fourth-order valence-corrected chi connectivity index (χ4v) is 4.42. The van der Waals surface area contributed by atoms with Gasteiger partial charge in [-0.3, -0.25) is 0 Å². The van der Waals surface area contributed by atoms with Crippen molar-refractivity contribution < 1.29 is 0 Å². The third kappa shape index (κ3) is 3.80. The molecule has 106 valence electrons. The Bertz CT molecular complexity index is 363. The summed E-state index contributed by atoms with van der Waals surface area (Å²) in [6.07, 6.45) is 7.42. The van der Waals surface area contributed by atoms with Gasteiger partial charge in [-0.2, -0.15) is 0 Å². The lowest BCUT2D eigenvalue weighted by Crippen LogP contribution is -2.44. The first-order chi connectivity index (χ1) is 9.42. The fraction of sp³-hybridized carbons (Fsp3) is 0.750. The first kappa shape index (κ1) is 13.6. The van der Waals surface area contributed by atoms with Crippen LogP contribution in [-0.4, -0.2) is 31.1 Å². The van der Waals surface area contributed by atoms with Crippen molar-refractivity contribution in [3.8, 4) is 0 Å². The Hall–Kier alpha value is -0.380. The van der Waals surface area contributed by atoms with Gasteiger partial charge in [0.2, 0.25) is 0 Å². The smallest absolute Gasteiger partial charge is 0.0300 e. The molecule has 3 rings (SSSR count). The minimum absolute atomic E-state index is 1.01. The first-order valence-corrected chi connectivity index (χ1v) is 8.75. The van der Waals surface area contributed by atoms with Crippen molar-refractivity contribution in [1.29, 1.82) is 0 Å². The second-order valence-corrected chi connectivity index (χ2v) is 7.18. The van der Waals surface area contributed by atoms with Gasteiger partial charge in [0.1, 0.15) is 0 Å². The number of hydrogen-bond acceptors (Lipinski definition) is 3. The van der Waals surface area contributed by atoms with Crippen LogP contribution in [0.5, 0.6) is 0 Å². The fourth-order valence-electron chi connectivity index (χ4n) is 3.74. The Morgan fingerprint density at radius 2 is 2.11 bits per heavy atom. The zero-order chi connectivity index (χ0) is 12.9. The number of hydrogen-bond donors (Lipinski definition) is 1. The van der Waals surface area contributed by atoms with Crippen LogP contribution in [0.2, 0.25) is 0 Å². The van der Waals surface area contributed by atoms with Gasteiger partial charge in [-0.05, 0) is 42.7 Å². The van der Waals surface area contributed by atoms with Crippen LogP contribution in [0.4, 0.5) is 0 Å². The maximum Gasteiger partial charge on any atom is 0.0300 e. The molecule has 2 fully saturated rings. The molecule has 2 atom stereocenters. The monoisotopic (exact) mass is 278 g/mol. The second kappa shape index (κ2) is 6.87. The molecule has 1 saturated heterocycles. The molecule has 0 spiro atoms. The third-order valence-electron chi connectivity index (χ3n) is 4.86. The molecule has 1 aliphatic carbocycles. The summed E-state index contributed by atoms with van der Waals surface area (Å²) in [6, 6.07) is 4.35. The largest absolute Gasteiger partial charge is 0.311 e. The molecular formula is C16H26N2S. The topological polar surface area (TPSA) is 15.3 Å². The molecule has 0 bridgehead atoms. The van der Waals surface area contributed by atoms with E-state index in [0.29, 0.717) is 0 Å². The first-order valence-electron chi connectivity index (χ1n) is 7.87. The van der Waals surface area contributed by atoms with E-state index in [1.807, 2.05) is 11.3 Å². The van der Waals surface area contributed by atoms with Crippen LogP contribution < -0.4 is 5.32 Å². The number of nitrogens with one attached hydrogen (secondary N) is 1. The predicted molar refractivity (Wildman–Crippen MR) is 82.5 cm³/mol. The lowest BCUT2D eigenvalue weighted by molar-refractivity contribution is 0.0875. The van der Waals surface area contributed by atoms with Crippen molar-refractivity contribution in [2.45, 2.75) is 38.6 Å². The molecule has 2 unspecified atom stereocenters. The van der Waals surface area contributed by atoms with E-state index in [0.717, 1.165) is 24.9 Å². The number of fused-ring (bicyclic) bond motifs is 1. The molecule has 1 saturated carbocycles. The van der Waals surface area contributed by atoms with E-state index in [4.69, 9.17) is 0 Å². The zero-order valence-corrected chi connectivity index (χ0v) is 12.6. The predicted octanol–water partition coefficient (Wildman–Crippen LogP) is 3.35. The molecule has 2 heterocycles. The Labute approximate surface area is 121 Å². The van der Waals surface area contributed by atoms with Crippen LogP contribution in [0.15, 0.2) is 17.5 Å². The molecule has 1 aromatic rings. The van der Waals surface area contributed by atoms with Crippen LogP contribution in [0.3, 0.4) is 0 Å². The van der Waals surface area contributed by atoms with E-state index in [1.54, 1.807) is 0 Å². The van der Waals surface area contributed by atoms with E-state index in [-0.39, 0.29) is 0 Å². The van der Waals surface area contributed by atoms with E-state index in [1.165, 1.54) is 56.6 Å². The SMILES string of the molecule is c1csc(CNCCN2CCC3CCCCC3C2)c1. The third-order valence-corrected chi connectivity index (χ3v) is 5.74. The second-order valence-electron chi connectivity index (χ2n) is 6.15. The summed E-state index contributed by atoms with van der Waals surface area (Å²) in [7, 11) is 0. The molecule has 1 aromatic heterocycles. The number of rotatable bonds is 5. The van der Waals surface area contributed by atoms with Gasteiger partial charge in [-0.1, -0.05) is 25.3 Å². The average molecular weight is 278 g/mol. The summed E-state index contributed by atoms with van der Waals surface area (Å²) in [5, 5.41) is 5.73. The lowest BCUT2D eigenvalue weighted by atomic mass is 9.75. The van der Waals surface area contributed by atoms with E-state index >= 15 is 0 Å². The quantitative estimate of drug-likeness (QED) is 0.831. The van der Waals surface area contributed by atoms with Crippen LogP contribution in [0.1, 0.15) is 37.0 Å². The normalized spacial score (nSPS) is 28.2. The van der Waals surface area contributed by atoms with Crippen molar-refractivity contribution >= 4 is 11.3 Å². The van der Waals surface area contributed by atoms with Gasteiger partial charge in [0.15, 0.2) is 0 Å². The number of thiophene rings is 1. The average Bonchev–Trinajstić information content (AvgIpc) is 2.97. The maximum absolute atomic E-state index is 3.58. The molecule has 1 aliphatic heterocycles. The molecule has 19 heavy (non-hydrogen) atoms. The van der Waals surface area contributed by atoms with Crippen molar-refractivity contribution in [3.63, 3.8) is 0 Å². The number of nitrogens with zero attached hydrogens (tertiary/aromatic N) is 1. The van der Waals surface area contributed by atoms with E-state index in [2.05, 4.69) is 27.7 Å². The Morgan fingerprint density at radius 1 is 1.21 bits per heavy atom. The molecule has 0 amide bonds. The van der Waals surface area contributed by atoms with Gasteiger partial charge in [0.05, 0.1) is 0 Å². The van der Waals surface area contributed by atoms with Gasteiger partial charge in [0.25, 0.3) is 0 Å². The molecule has 2 aliphatic rings. The Balaban J connectivity index is 1.34. The van der Waals surface area contributed by atoms with Crippen molar-refractivity contribution in [2.75, 3.05) is 26.2 Å². The van der Waals surface area contributed by atoms with Gasteiger partial charge in [-0.15, -0.1) is 11.3 Å². The molecule has 0 radical (unpaired) electrons. The zero-order valence-electron chi connectivity index (χ0n) is 11.8. The van der Waals surface area contributed by atoms with E-state index in [9.17, 15) is 0 Å². The van der Waals surface area contributed by atoms with Crippen molar-refractivity contribution in [1.82, 2.24) is 10.2 Å². The molecular weight excluding hydrogens is 252 g/mol. The lowest BCUT2D eigenvalue weighted by Gasteiger charge is -2.41. The maximum atomic E-state index is 3.58. The van der Waals surface area contributed by atoms with E-state index < -0.39 is 0 Å². The van der Waals surface area contributed by atoms with Crippen LogP contribution in [0, 0.1) is 11.8 Å². The molecule has 0 aromatic carbocycles. The highest BCUT2D eigenvalue weighted by Crippen LogP contribution is 2.35. The molecule has 2 nitrogen and oxygen atoms in total. The van der Waals surface area contributed by atoms with Crippen LogP contribution in [-0.2, 0) is 6.54 Å². The highest BCUT2D eigenvalue weighted by molar-refractivity contribution is 7.09. The summed E-state index contributed by atoms with van der Waals surface area (Å²) < 4.78 is 0. The van der Waals surface area contributed by atoms with Gasteiger partial charge in [0, 0.05) is 31.1 Å². The highest BCUT2D eigenvalue weighted by Gasteiger charge is 2.30. The minimum Gasteiger partial charge on any atom is -0.311 e. The highest BCUT2D eigenvalue weighted by atomic mass is 32.1. The summed E-state index contributed by atoms with van der Waals surface area (Å²) in [6.45, 7) is 6.11. The van der Waals surface area contributed by atoms with Gasteiger partial charge in [-0.25, -0.2) is 0 Å². The van der Waals surface area contributed by atoms with Crippen molar-refractivity contribution in [3.05, 3.63) is 22.4 Å². The number of likely N-dealkylation sites (tertiary alicyclic amines) is 1. The van der Waals surface area contributed by atoms with Gasteiger partial charge >= 0.3 is 0 Å². The van der Waals surface area contributed by atoms with Crippen molar-refractivity contribution in [2.24, 2.45) is 11.8 Å². The minimum atomic E-state index is 1.01. The van der Waals surface area contributed by atoms with Crippen LogP contribution in [0.25, 0.3) is 0 Å². The summed E-state index contributed by atoms with van der Waals surface area (Å²) >= 11 is 1.85. The Morgan fingerprint density at radius 3 is 2.95 bits per heavy atom. The summed E-state index contributed by atoms with van der Waals surface area (Å²) in [4.78, 5) is 4.14. The summed E-state index contributed by atoms with van der Waals surface area (Å²) in [5.41, 5.74) is 0. The number of piperidine rings is 1. The Kier molecular flexibility index (Phi) is 4.91. The summed E-state index contributed by atoms with van der Waals surface area (Å²) in [5.74, 6) is 2.07. The van der Waals surface area contributed by atoms with Gasteiger partial charge < -0.3 is 10.2 Å². The molecule has 1 N–H and O–H groups in total.